The van der Waals surface area contributed by atoms with Gasteiger partial charge in [0.2, 0.25) is 5.95 Å². The molecule has 1 fully saturated rings. The first-order valence-electron chi connectivity index (χ1n) is 11.0. The summed E-state index contributed by atoms with van der Waals surface area (Å²) in [6, 6.07) is 2.64. The van der Waals surface area contributed by atoms with Crippen molar-refractivity contribution in [3.8, 4) is 0 Å². The molecule has 8 nitrogen and oxygen atoms in total. The molecule has 0 bridgehead atoms. The van der Waals surface area contributed by atoms with E-state index >= 15 is 0 Å². The minimum absolute atomic E-state index is 0.0785. The van der Waals surface area contributed by atoms with Gasteiger partial charge in [-0.2, -0.15) is 13.2 Å². The number of rotatable bonds is 6. The maximum atomic E-state index is 14.5. The van der Waals surface area contributed by atoms with Crippen LogP contribution >= 0.6 is 0 Å². The molecule has 0 saturated carbocycles. The molecule has 194 valence electrons. The number of alkyl halides is 5. The molecular formula is C23H26F5N7O. The molecule has 2 aromatic rings. The smallest absolute Gasteiger partial charge is 0.394 e. The van der Waals surface area contributed by atoms with Gasteiger partial charge in [-0.25, -0.2) is 18.7 Å². The Balaban J connectivity index is 1.89. The fourth-order valence-corrected chi connectivity index (χ4v) is 3.97. The Kier molecular flexibility index (Phi) is 7.89. The lowest BCUT2D eigenvalue weighted by Crippen LogP contribution is -2.58. The molecule has 2 aromatic heterocycles. The second kappa shape index (κ2) is 10.5. The number of aryl methyl sites for hydroxylation is 1. The number of carbonyl (C=O) groups is 1. The van der Waals surface area contributed by atoms with Gasteiger partial charge >= 0.3 is 6.18 Å². The number of halogens is 5. The lowest BCUT2D eigenvalue weighted by molar-refractivity contribution is -0.148. The van der Waals surface area contributed by atoms with E-state index in [0.717, 1.165) is 10.6 Å². The highest BCUT2D eigenvalue weighted by molar-refractivity contribution is 6.18. The van der Waals surface area contributed by atoms with E-state index in [2.05, 4.69) is 25.3 Å². The molecule has 3 heterocycles. The summed E-state index contributed by atoms with van der Waals surface area (Å²) in [6.07, 6.45) is -0.991. The van der Waals surface area contributed by atoms with E-state index in [0.29, 0.717) is 18.0 Å². The van der Waals surface area contributed by atoms with Crippen molar-refractivity contribution in [3.05, 3.63) is 53.2 Å². The Bertz CT molecular complexity index is 1130. The second-order valence-corrected chi connectivity index (χ2v) is 8.61. The van der Waals surface area contributed by atoms with Crippen LogP contribution in [0, 0.1) is 12.8 Å². The molecule has 1 aliphatic heterocycles. The number of nitrogens with zero attached hydrogens (tertiary/aromatic N) is 5. The van der Waals surface area contributed by atoms with Crippen LogP contribution in [0.1, 0.15) is 30.2 Å². The molecular weight excluding hydrogens is 485 g/mol. The molecule has 0 radical (unpaired) electrons. The summed E-state index contributed by atoms with van der Waals surface area (Å²) in [5, 5.41) is 2.75. The highest BCUT2D eigenvalue weighted by atomic mass is 19.4. The number of aromatic nitrogens is 3. The van der Waals surface area contributed by atoms with Gasteiger partial charge in [0, 0.05) is 61.6 Å². The molecule has 3 rings (SSSR count). The van der Waals surface area contributed by atoms with Gasteiger partial charge in [0.25, 0.3) is 11.8 Å². The van der Waals surface area contributed by atoms with Crippen LogP contribution in [0.3, 0.4) is 0 Å². The third-order valence-corrected chi connectivity index (χ3v) is 5.79. The van der Waals surface area contributed by atoms with Crippen LogP contribution in [-0.2, 0) is 11.0 Å². The standard InChI is InChI=1S/C23H26F5N7O/c1-13-6-22(24,25)12-35(18(13)11-34-21-32-8-16(9-33-21)23(26,27)28)20(36)19(29)17(10-30-3)15-5-4-14(2)31-7-15/h4-5,7-10,13,18H,6,11-12,29H2,1-3H3,(H,32,33,34)/t13?,18-/m1/s1. The molecule has 36 heavy (non-hydrogen) atoms. The van der Waals surface area contributed by atoms with Crippen molar-refractivity contribution < 1.29 is 26.7 Å². The summed E-state index contributed by atoms with van der Waals surface area (Å²) >= 11 is 0. The van der Waals surface area contributed by atoms with Crippen LogP contribution in [-0.4, -0.2) is 64.1 Å². The van der Waals surface area contributed by atoms with Crippen molar-refractivity contribution >= 4 is 23.6 Å². The van der Waals surface area contributed by atoms with Crippen molar-refractivity contribution in [1.29, 1.82) is 0 Å². The summed E-state index contributed by atoms with van der Waals surface area (Å²) in [4.78, 5) is 29.8. The van der Waals surface area contributed by atoms with Gasteiger partial charge in [0.15, 0.2) is 0 Å². The predicted molar refractivity (Wildman–Crippen MR) is 124 cm³/mol. The summed E-state index contributed by atoms with van der Waals surface area (Å²) in [5.41, 5.74) is 6.33. The van der Waals surface area contributed by atoms with E-state index < -0.39 is 48.5 Å². The zero-order chi connectivity index (χ0) is 26.7. The van der Waals surface area contributed by atoms with Gasteiger partial charge in [-0.15, -0.1) is 0 Å². The number of hydrogen-bond acceptors (Lipinski definition) is 7. The van der Waals surface area contributed by atoms with E-state index in [1.54, 1.807) is 26.0 Å². The first kappa shape index (κ1) is 27.0. The van der Waals surface area contributed by atoms with E-state index in [1.807, 2.05) is 0 Å². The molecule has 1 saturated heterocycles. The minimum atomic E-state index is -4.60. The van der Waals surface area contributed by atoms with Crippen LogP contribution in [0.25, 0.3) is 5.57 Å². The third kappa shape index (κ3) is 6.32. The molecule has 0 aliphatic carbocycles. The number of nitrogens with one attached hydrogen (secondary N) is 1. The highest BCUT2D eigenvalue weighted by Crippen LogP contribution is 2.35. The first-order valence-corrected chi connectivity index (χ1v) is 11.0. The summed E-state index contributed by atoms with van der Waals surface area (Å²) in [7, 11) is 1.48. The van der Waals surface area contributed by atoms with Crippen LogP contribution in [0.15, 0.2) is 41.4 Å². The minimum Gasteiger partial charge on any atom is -0.394 e. The number of amides is 1. The Labute approximate surface area is 204 Å². The second-order valence-electron chi connectivity index (χ2n) is 8.61. The Morgan fingerprint density at radius 3 is 2.47 bits per heavy atom. The Hall–Kier alpha value is -3.64. The van der Waals surface area contributed by atoms with Crippen LogP contribution in [0.4, 0.5) is 27.9 Å². The first-order chi connectivity index (χ1) is 16.8. The summed E-state index contributed by atoms with van der Waals surface area (Å²) in [6.45, 7) is 2.39. The number of piperidine rings is 1. The summed E-state index contributed by atoms with van der Waals surface area (Å²) in [5.74, 6) is -4.78. The fraction of sp³-hybridized carbons (Fsp3) is 0.435. The number of carbonyl (C=O) groups excluding carboxylic acids is 1. The molecule has 2 atom stereocenters. The number of pyridine rings is 1. The molecule has 0 spiro atoms. The largest absolute Gasteiger partial charge is 0.419 e. The molecule has 3 N–H and O–H groups in total. The topological polar surface area (TPSA) is 109 Å². The lowest BCUT2D eigenvalue weighted by Gasteiger charge is -2.43. The molecule has 1 amide bonds. The highest BCUT2D eigenvalue weighted by Gasteiger charge is 2.46. The van der Waals surface area contributed by atoms with Crippen LogP contribution in [0.5, 0.6) is 0 Å². The van der Waals surface area contributed by atoms with Gasteiger partial charge in [-0.1, -0.05) is 13.0 Å². The lowest BCUT2D eigenvalue weighted by atomic mass is 9.88. The van der Waals surface area contributed by atoms with E-state index in [9.17, 15) is 26.7 Å². The van der Waals surface area contributed by atoms with Gasteiger partial charge in [-0.3, -0.25) is 14.8 Å². The maximum Gasteiger partial charge on any atom is 0.419 e. The van der Waals surface area contributed by atoms with Crippen LogP contribution < -0.4 is 11.1 Å². The van der Waals surface area contributed by atoms with Gasteiger partial charge in [0.05, 0.1) is 18.2 Å². The van der Waals surface area contributed by atoms with Crippen molar-refractivity contribution in [1.82, 2.24) is 19.9 Å². The van der Waals surface area contributed by atoms with Gasteiger partial charge in [0.1, 0.15) is 5.70 Å². The van der Waals surface area contributed by atoms with Crippen molar-refractivity contribution in [2.75, 3.05) is 25.5 Å². The molecule has 1 aliphatic rings. The van der Waals surface area contributed by atoms with Crippen molar-refractivity contribution in [2.24, 2.45) is 16.6 Å². The predicted octanol–water partition coefficient (Wildman–Crippen LogP) is 3.55. The Morgan fingerprint density at radius 1 is 1.25 bits per heavy atom. The zero-order valence-electron chi connectivity index (χ0n) is 19.9. The van der Waals surface area contributed by atoms with Gasteiger partial charge in [-0.05, 0) is 18.9 Å². The van der Waals surface area contributed by atoms with Crippen molar-refractivity contribution in [3.63, 3.8) is 0 Å². The van der Waals surface area contributed by atoms with E-state index in [1.165, 1.54) is 19.5 Å². The average molecular weight is 511 g/mol. The fourth-order valence-electron chi connectivity index (χ4n) is 3.97. The van der Waals surface area contributed by atoms with Gasteiger partial charge < -0.3 is 16.0 Å². The number of nitrogens with two attached hydrogens (primary N) is 1. The number of allylic oxidation sites excluding steroid dienone is 1. The normalized spacial score (nSPS) is 20.8. The quantitative estimate of drug-likeness (QED) is 0.349. The zero-order valence-corrected chi connectivity index (χ0v) is 19.9. The number of anilines is 1. The Morgan fingerprint density at radius 2 is 1.92 bits per heavy atom. The molecule has 0 aromatic carbocycles. The SMILES string of the molecule is CN=CC(=C(N)C(=O)N1CC(F)(F)CC(C)[C@H]1CNc1ncc(C(F)(F)F)cn1)c1ccc(C)nc1. The molecule has 13 heteroatoms. The van der Waals surface area contributed by atoms with Crippen LogP contribution in [0.2, 0.25) is 0 Å². The average Bonchev–Trinajstić information content (AvgIpc) is 2.80. The number of hydrogen-bond donors (Lipinski definition) is 2. The molecule has 1 unspecified atom stereocenters. The summed E-state index contributed by atoms with van der Waals surface area (Å²) < 4.78 is 67.3. The van der Waals surface area contributed by atoms with Crippen molar-refractivity contribution in [2.45, 2.75) is 38.4 Å². The monoisotopic (exact) mass is 511 g/mol. The number of aliphatic imine (C=N–C) groups is 1. The number of likely N-dealkylation sites (tertiary alicyclic amines) is 1. The third-order valence-electron chi connectivity index (χ3n) is 5.79. The van der Waals surface area contributed by atoms with E-state index in [4.69, 9.17) is 5.73 Å². The maximum absolute atomic E-state index is 14.5. The van der Waals surface area contributed by atoms with E-state index in [-0.39, 0.29) is 23.8 Å².